The van der Waals surface area contributed by atoms with E-state index in [1.54, 1.807) is 19.1 Å². The van der Waals surface area contributed by atoms with E-state index in [1.165, 1.54) is 0 Å². The normalized spacial score (nSPS) is 14.2. The van der Waals surface area contributed by atoms with Gasteiger partial charge in [-0.2, -0.15) is 0 Å². The van der Waals surface area contributed by atoms with Gasteiger partial charge in [-0.15, -0.1) is 0 Å². The molecule has 2 N–H and O–H groups in total. The summed E-state index contributed by atoms with van der Waals surface area (Å²) in [5.74, 6) is 0.314. The highest BCUT2D eigenvalue weighted by Gasteiger charge is 2.25. The van der Waals surface area contributed by atoms with Crippen molar-refractivity contribution in [2.45, 2.75) is 52.4 Å². The first-order valence-electron chi connectivity index (χ1n) is 10.4. The molecule has 0 spiro atoms. The van der Waals surface area contributed by atoms with Gasteiger partial charge in [0, 0.05) is 23.5 Å². The van der Waals surface area contributed by atoms with E-state index in [1.807, 2.05) is 50.2 Å². The zero-order valence-electron chi connectivity index (χ0n) is 18.1. The summed E-state index contributed by atoms with van der Waals surface area (Å²) in [5, 5.41) is 14.3. The zero-order chi connectivity index (χ0) is 22.1. The molecule has 0 aromatic heterocycles. The van der Waals surface area contributed by atoms with Crippen LogP contribution in [-0.4, -0.2) is 36.4 Å². The molecule has 3 unspecified atom stereocenters. The maximum absolute atomic E-state index is 12.1. The Hall–Kier alpha value is -2.08. The summed E-state index contributed by atoms with van der Waals surface area (Å²) in [6.45, 7) is 8.50. The molecule has 0 aliphatic heterocycles. The second kappa shape index (κ2) is 11.9. The molecule has 2 aromatic rings. The first kappa shape index (κ1) is 24.2. The van der Waals surface area contributed by atoms with Crippen LogP contribution in [0.1, 0.15) is 44.9 Å². The van der Waals surface area contributed by atoms with Crippen LogP contribution in [0.2, 0.25) is 5.02 Å². The van der Waals surface area contributed by atoms with E-state index in [4.69, 9.17) is 21.1 Å². The van der Waals surface area contributed by atoms with Crippen molar-refractivity contribution >= 4 is 17.6 Å². The summed E-state index contributed by atoms with van der Waals surface area (Å²) in [4.78, 5) is 12.1. The van der Waals surface area contributed by atoms with E-state index in [0.29, 0.717) is 23.9 Å². The second-order valence-corrected chi connectivity index (χ2v) is 8.20. The summed E-state index contributed by atoms with van der Waals surface area (Å²) in [6, 6.07) is 15.2. The third-order valence-electron chi connectivity index (χ3n) is 4.75. The number of rotatable bonds is 11. The van der Waals surface area contributed by atoms with Crippen LogP contribution in [0.5, 0.6) is 5.75 Å². The molecule has 2 rings (SSSR count). The highest BCUT2D eigenvalue weighted by atomic mass is 35.5. The molecule has 0 aliphatic carbocycles. The van der Waals surface area contributed by atoms with Crippen LogP contribution in [0.3, 0.4) is 0 Å². The van der Waals surface area contributed by atoms with Crippen molar-refractivity contribution < 1.29 is 19.4 Å². The van der Waals surface area contributed by atoms with Gasteiger partial charge in [0.15, 0.2) is 6.10 Å². The number of nitrogens with one attached hydrogen (secondary N) is 1. The van der Waals surface area contributed by atoms with Crippen molar-refractivity contribution in [1.29, 1.82) is 0 Å². The Labute approximate surface area is 184 Å². The number of esters is 1. The van der Waals surface area contributed by atoms with Crippen molar-refractivity contribution in [3.63, 3.8) is 0 Å². The number of carbonyl (C=O) groups is 1. The minimum atomic E-state index is -0.621. The molecule has 0 radical (unpaired) electrons. The number of halogens is 1. The van der Waals surface area contributed by atoms with Gasteiger partial charge in [-0.05, 0) is 55.7 Å². The van der Waals surface area contributed by atoms with Crippen molar-refractivity contribution in [2.75, 3.05) is 13.2 Å². The van der Waals surface area contributed by atoms with Crippen LogP contribution < -0.4 is 10.1 Å². The fourth-order valence-electron chi connectivity index (χ4n) is 3.10. The first-order valence-corrected chi connectivity index (χ1v) is 10.8. The molecular weight excluding hydrogens is 402 g/mol. The summed E-state index contributed by atoms with van der Waals surface area (Å²) in [7, 11) is 0. The number of carbonyl (C=O) groups excluding carboxylic acids is 1. The van der Waals surface area contributed by atoms with Gasteiger partial charge < -0.3 is 19.9 Å². The summed E-state index contributed by atoms with van der Waals surface area (Å²) in [5.41, 5.74) is 1.93. The lowest BCUT2D eigenvalue weighted by Gasteiger charge is -2.21. The maximum atomic E-state index is 12.1. The molecule has 0 bridgehead atoms. The van der Waals surface area contributed by atoms with Crippen LogP contribution in [0.25, 0.3) is 0 Å². The lowest BCUT2D eigenvalue weighted by molar-refractivity contribution is -0.153. The Morgan fingerprint density at radius 1 is 1.13 bits per heavy atom. The summed E-state index contributed by atoms with van der Waals surface area (Å²) < 4.78 is 11.0. The topological polar surface area (TPSA) is 67.8 Å². The average Bonchev–Trinajstić information content (AvgIpc) is 2.71. The quantitative estimate of drug-likeness (QED) is 0.508. The third kappa shape index (κ3) is 7.63. The van der Waals surface area contributed by atoms with Crippen LogP contribution >= 0.6 is 11.6 Å². The Morgan fingerprint density at radius 3 is 2.43 bits per heavy atom. The minimum Gasteiger partial charge on any atom is -0.478 e. The van der Waals surface area contributed by atoms with Gasteiger partial charge in [-0.1, -0.05) is 49.7 Å². The minimum absolute atomic E-state index is 0.0128. The van der Waals surface area contributed by atoms with E-state index in [-0.39, 0.29) is 17.9 Å². The van der Waals surface area contributed by atoms with E-state index < -0.39 is 12.2 Å². The third-order valence-corrected chi connectivity index (χ3v) is 4.98. The maximum Gasteiger partial charge on any atom is 0.347 e. The Morgan fingerprint density at radius 2 is 1.83 bits per heavy atom. The molecule has 164 valence electrons. The molecule has 0 saturated heterocycles. The number of aliphatic hydroxyl groups excluding tert-OH is 1. The average molecular weight is 434 g/mol. The van der Waals surface area contributed by atoms with Crippen molar-refractivity contribution in [3.05, 3.63) is 64.7 Å². The van der Waals surface area contributed by atoms with Gasteiger partial charge in [0.2, 0.25) is 0 Å². The predicted octanol–water partition coefficient (Wildman–Crippen LogP) is 4.56. The van der Waals surface area contributed by atoms with Gasteiger partial charge in [-0.3, -0.25) is 0 Å². The lowest BCUT2D eigenvalue weighted by Crippen LogP contribution is -2.34. The molecule has 2 aromatic carbocycles. The van der Waals surface area contributed by atoms with Gasteiger partial charge in [-0.25, -0.2) is 4.79 Å². The van der Waals surface area contributed by atoms with Crippen LogP contribution in [0, 0.1) is 5.92 Å². The Kier molecular flexibility index (Phi) is 9.63. The van der Waals surface area contributed by atoms with Crippen molar-refractivity contribution in [2.24, 2.45) is 5.92 Å². The standard InChI is InChI=1S/C24H32ClNO4/c1-5-29-24(28)23(16(2)3)30-21-11-9-18(10-12-21)13-17(4)26-15-22(27)19-7-6-8-20(25)14-19/h6-12,14,16-17,22-23,26-27H,5,13,15H2,1-4H3. The van der Waals surface area contributed by atoms with Crippen LogP contribution in [0.4, 0.5) is 0 Å². The van der Waals surface area contributed by atoms with Gasteiger partial charge in [0.1, 0.15) is 5.75 Å². The predicted molar refractivity (Wildman–Crippen MR) is 120 cm³/mol. The second-order valence-electron chi connectivity index (χ2n) is 7.76. The molecule has 0 fully saturated rings. The molecule has 0 aliphatic rings. The first-order chi connectivity index (χ1) is 14.3. The van der Waals surface area contributed by atoms with E-state index >= 15 is 0 Å². The smallest absolute Gasteiger partial charge is 0.347 e. The largest absolute Gasteiger partial charge is 0.478 e. The molecular formula is C24H32ClNO4. The highest BCUT2D eigenvalue weighted by molar-refractivity contribution is 6.30. The SMILES string of the molecule is CCOC(=O)C(Oc1ccc(CC(C)NCC(O)c2cccc(Cl)c2)cc1)C(C)C. The summed E-state index contributed by atoms with van der Waals surface area (Å²) in [6.07, 6.45) is -0.434. The van der Waals surface area contributed by atoms with Gasteiger partial charge >= 0.3 is 5.97 Å². The molecule has 0 amide bonds. The van der Waals surface area contributed by atoms with E-state index in [2.05, 4.69) is 12.2 Å². The number of benzene rings is 2. The molecule has 3 atom stereocenters. The fraction of sp³-hybridized carbons (Fsp3) is 0.458. The number of hydrogen-bond acceptors (Lipinski definition) is 5. The van der Waals surface area contributed by atoms with Crippen LogP contribution in [0.15, 0.2) is 48.5 Å². The van der Waals surface area contributed by atoms with Crippen LogP contribution in [-0.2, 0) is 16.0 Å². The van der Waals surface area contributed by atoms with Crippen molar-refractivity contribution in [3.8, 4) is 5.75 Å². The zero-order valence-corrected chi connectivity index (χ0v) is 18.9. The fourth-order valence-corrected chi connectivity index (χ4v) is 3.30. The monoisotopic (exact) mass is 433 g/mol. The Bertz CT molecular complexity index is 794. The number of aliphatic hydroxyl groups is 1. The Balaban J connectivity index is 1.86. The number of hydrogen-bond donors (Lipinski definition) is 2. The lowest BCUT2D eigenvalue weighted by atomic mass is 10.1. The molecule has 0 heterocycles. The molecule has 6 heteroatoms. The summed E-state index contributed by atoms with van der Waals surface area (Å²) >= 11 is 5.99. The molecule has 0 saturated carbocycles. The highest BCUT2D eigenvalue weighted by Crippen LogP contribution is 2.20. The van der Waals surface area contributed by atoms with Gasteiger partial charge in [0.05, 0.1) is 12.7 Å². The van der Waals surface area contributed by atoms with Gasteiger partial charge in [0.25, 0.3) is 0 Å². The van der Waals surface area contributed by atoms with E-state index in [9.17, 15) is 9.90 Å². The number of ether oxygens (including phenoxy) is 2. The molecule has 30 heavy (non-hydrogen) atoms. The molecule has 5 nitrogen and oxygen atoms in total. The van der Waals surface area contributed by atoms with Crippen molar-refractivity contribution in [1.82, 2.24) is 5.32 Å². The van der Waals surface area contributed by atoms with E-state index in [0.717, 1.165) is 17.5 Å².